The molecule has 2 unspecified atom stereocenters. The molecule has 1 aliphatic rings. The molecule has 2 rings (SSSR count). The van der Waals surface area contributed by atoms with Crippen molar-refractivity contribution in [2.24, 2.45) is 0 Å². The highest BCUT2D eigenvalue weighted by Gasteiger charge is 2.39. The summed E-state index contributed by atoms with van der Waals surface area (Å²) in [5.74, 6) is -1.52. The van der Waals surface area contributed by atoms with Gasteiger partial charge in [0.25, 0.3) is 0 Å². The third kappa shape index (κ3) is 2.44. The van der Waals surface area contributed by atoms with Crippen LogP contribution in [0, 0.1) is 23.0 Å². The van der Waals surface area contributed by atoms with E-state index in [0.29, 0.717) is 25.0 Å². The van der Waals surface area contributed by atoms with E-state index in [4.69, 9.17) is 10.00 Å². The van der Waals surface area contributed by atoms with Crippen molar-refractivity contribution in [1.82, 2.24) is 5.32 Å². The number of nitrogens with one attached hydrogen (secondary N) is 1. The minimum atomic E-state index is -0.925. The van der Waals surface area contributed by atoms with Crippen LogP contribution in [0.1, 0.15) is 19.3 Å². The number of ether oxygens (including phenoxy) is 1. The average molecular weight is 252 g/mol. The molecular weight excluding hydrogens is 238 g/mol. The van der Waals surface area contributed by atoms with E-state index in [9.17, 15) is 8.78 Å². The summed E-state index contributed by atoms with van der Waals surface area (Å²) in [5, 5.41) is 12.1. The average Bonchev–Trinajstić information content (AvgIpc) is 2.78. The molecule has 0 aliphatic heterocycles. The highest BCUT2D eigenvalue weighted by molar-refractivity contribution is 5.24. The normalized spacial score (nSPS) is 26.9. The Bertz CT molecular complexity index is 486. The maximum absolute atomic E-state index is 13.0. The molecule has 1 N–H and O–H groups in total. The van der Waals surface area contributed by atoms with Crippen LogP contribution in [0.15, 0.2) is 18.2 Å². The first kappa shape index (κ1) is 12.8. The van der Waals surface area contributed by atoms with Crippen molar-refractivity contribution in [1.29, 1.82) is 5.26 Å². The summed E-state index contributed by atoms with van der Waals surface area (Å²) < 4.78 is 31.4. The summed E-state index contributed by atoms with van der Waals surface area (Å²) in [6, 6.07) is 5.70. The number of rotatable bonds is 3. The Hall–Kier alpha value is -1.67. The fraction of sp³-hybridized carbons (Fsp3) is 0.462. The van der Waals surface area contributed by atoms with Crippen molar-refractivity contribution in [3.8, 4) is 11.8 Å². The summed E-state index contributed by atoms with van der Waals surface area (Å²) in [5.41, 5.74) is -0.566. The molecule has 1 aromatic rings. The van der Waals surface area contributed by atoms with Crippen molar-refractivity contribution >= 4 is 0 Å². The molecule has 2 atom stereocenters. The number of nitriles is 1. The van der Waals surface area contributed by atoms with Crippen molar-refractivity contribution in [2.45, 2.75) is 30.9 Å². The number of nitrogens with zero attached hydrogens (tertiary/aromatic N) is 1. The van der Waals surface area contributed by atoms with Crippen LogP contribution in [0.3, 0.4) is 0 Å². The van der Waals surface area contributed by atoms with Crippen LogP contribution < -0.4 is 10.1 Å². The first-order chi connectivity index (χ1) is 8.58. The Morgan fingerprint density at radius 1 is 1.44 bits per heavy atom. The fourth-order valence-electron chi connectivity index (χ4n) is 2.23. The summed E-state index contributed by atoms with van der Waals surface area (Å²) in [4.78, 5) is 0. The Morgan fingerprint density at radius 3 is 2.78 bits per heavy atom. The topological polar surface area (TPSA) is 45.0 Å². The second kappa shape index (κ2) is 4.91. The Kier molecular flexibility index (Phi) is 3.48. The van der Waals surface area contributed by atoms with Gasteiger partial charge >= 0.3 is 0 Å². The zero-order chi connectivity index (χ0) is 13.2. The maximum atomic E-state index is 13.0. The first-order valence-electron chi connectivity index (χ1n) is 5.80. The monoisotopic (exact) mass is 252 g/mol. The molecule has 0 heterocycles. The minimum absolute atomic E-state index is 0.151. The first-order valence-corrected chi connectivity index (χ1v) is 5.80. The Morgan fingerprint density at radius 2 is 2.22 bits per heavy atom. The quantitative estimate of drug-likeness (QED) is 0.898. The van der Waals surface area contributed by atoms with E-state index in [0.717, 1.165) is 12.1 Å². The van der Waals surface area contributed by atoms with Crippen LogP contribution in [0.4, 0.5) is 8.78 Å². The van der Waals surface area contributed by atoms with Gasteiger partial charge in [-0.2, -0.15) is 5.26 Å². The SMILES string of the molecule is CNC1(C#N)CCC(Oc2ccc(F)c(F)c2)C1. The van der Waals surface area contributed by atoms with Crippen molar-refractivity contribution in [3.63, 3.8) is 0 Å². The Balaban J connectivity index is 2.04. The van der Waals surface area contributed by atoms with Crippen LogP contribution in [0.5, 0.6) is 5.75 Å². The van der Waals surface area contributed by atoms with E-state index in [2.05, 4.69) is 11.4 Å². The molecule has 0 radical (unpaired) electrons. The predicted octanol–water partition coefficient (Wildman–Crippen LogP) is 2.38. The van der Waals surface area contributed by atoms with Gasteiger partial charge in [0.1, 0.15) is 17.4 Å². The smallest absolute Gasteiger partial charge is 0.162 e. The van der Waals surface area contributed by atoms with Gasteiger partial charge in [0.15, 0.2) is 11.6 Å². The minimum Gasteiger partial charge on any atom is -0.490 e. The summed E-state index contributed by atoms with van der Waals surface area (Å²) in [6.45, 7) is 0. The molecule has 1 aliphatic carbocycles. The van der Waals surface area contributed by atoms with E-state index in [1.54, 1.807) is 7.05 Å². The molecule has 1 fully saturated rings. The lowest BCUT2D eigenvalue weighted by Crippen LogP contribution is -2.39. The summed E-state index contributed by atoms with van der Waals surface area (Å²) in [6.07, 6.45) is 1.79. The van der Waals surface area contributed by atoms with Crippen LogP contribution >= 0.6 is 0 Å². The summed E-state index contributed by atoms with van der Waals surface area (Å²) in [7, 11) is 1.74. The number of hydrogen-bond acceptors (Lipinski definition) is 3. The molecule has 0 bridgehead atoms. The van der Waals surface area contributed by atoms with E-state index in [-0.39, 0.29) is 6.10 Å². The van der Waals surface area contributed by atoms with E-state index in [1.807, 2.05) is 0 Å². The molecule has 5 heteroatoms. The van der Waals surface area contributed by atoms with Gasteiger partial charge in [0, 0.05) is 12.5 Å². The van der Waals surface area contributed by atoms with Crippen LogP contribution in [-0.4, -0.2) is 18.7 Å². The van der Waals surface area contributed by atoms with Crippen molar-refractivity contribution in [3.05, 3.63) is 29.8 Å². The van der Waals surface area contributed by atoms with Crippen LogP contribution in [-0.2, 0) is 0 Å². The molecule has 0 amide bonds. The molecule has 0 spiro atoms. The van der Waals surface area contributed by atoms with Crippen molar-refractivity contribution < 1.29 is 13.5 Å². The lowest BCUT2D eigenvalue weighted by Gasteiger charge is -2.20. The van der Waals surface area contributed by atoms with Crippen LogP contribution in [0.2, 0.25) is 0 Å². The molecule has 96 valence electrons. The summed E-state index contributed by atoms with van der Waals surface area (Å²) >= 11 is 0. The number of hydrogen-bond donors (Lipinski definition) is 1. The predicted molar refractivity (Wildman–Crippen MR) is 62.0 cm³/mol. The zero-order valence-corrected chi connectivity index (χ0v) is 10.0. The molecule has 1 saturated carbocycles. The van der Waals surface area contributed by atoms with Crippen molar-refractivity contribution in [2.75, 3.05) is 7.05 Å². The highest BCUT2D eigenvalue weighted by atomic mass is 19.2. The highest BCUT2D eigenvalue weighted by Crippen LogP contribution is 2.32. The van der Waals surface area contributed by atoms with E-state index in [1.165, 1.54) is 6.07 Å². The molecular formula is C13H14F2N2O. The van der Waals surface area contributed by atoms with Gasteiger partial charge in [0.2, 0.25) is 0 Å². The second-order valence-corrected chi connectivity index (χ2v) is 4.50. The van der Waals surface area contributed by atoms with Gasteiger partial charge in [0.05, 0.1) is 6.07 Å². The largest absolute Gasteiger partial charge is 0.490 e. The second-order valence-electron chi connectivity index (χ2n) is 4.50. The molecule has 3 nitrogen and oxygen atoms in total. The maximum Gasteiger partial charge on any atom is 0.162 e. The van der Waals surface area contributed by atoms with Gasteiger partial charge in [-0.05, 0) is 32.0 Å². The van der Waals surface area contributed by atoms with Gasteiger partial charge in [-0.15, -0.1) is 0 Å². The molecule has 1 aromatic carbocycles. The Labute approximate surface area is 104 Å². The lowest BCUT2D eigenvalue weighted by atomic mass is 10.0. The molecule has 0 saturated heterocycles. The van der Waals surface area contributed by atoms with Crippen LogP contribution in [0.25, 0.3) is 0 Å². The van der Waals surface area contributed by atoms with Gasteiger partial charge in [-0.1, -0.05) is 0 Å². The van der Waals surface area contributed by atoms with E-state index < -0.39 is 17.2 Å². The lowest BCUT2D eigenvalue weighted by molar-refractivity contribution is 0.201. The molecule has 18 heavy (non-hydrogen) atoms. The third-order valence-corrected chi connectivity index (χ3v) is 3.36. The standard InChI is InChI=1S/C13H14F2N2O/c1-17-13(8-16)5-4-10(7-13)18-9-2-3-11(14)12(15)6-9/h2-3,6,10,17H,4-5,7H2,1H3. The number of benzene rings is 1. The molecule has 0 aromatic heterocycles. The van der Waals surface area contributed by atoms with E-state index >= 15 is 0 Å². The third-order valence-electron chi connectivity index (χ3n) is 3.36. The number of halogens is 2. The van der Waals surface area contributed by atoms with Gasteiger partial charge in [-0.25, -0.2) is 8.78 Å². The van der Waals surface area contributed by atoms with Gasteiger partial charge in [-0.3, -0.25) is 0 Å². The van der Waals surface area contributed by atoms with Gasteiger partial charge < -0.3 is 10.1 Å². The zero-order valence-electron chi connectivity index (χ0n) is 10.0. The fourth-order valence-corrected chi connectivity index (χ4v) is 2.23.